The summed E-state index contributed by atoms with van der Waals surface area (Å²) in [7, 11) is 4.31. The van der Waals surface area contributed by atoms with Crippen molar-refractivity contribution in [2.24, 2.45) is 5.73 Å². The molecule has 43 heavy (non-hydrogen) atoms. The lowest BCUT2D eigenvalue weighted by Gasteiger charge is -2.53. The lowest BCUT2D eigenvalue weighted by atomic mass is 9.77. The smallest absolute Gasteiger partial charge is 0.254 e. The molecule has 4 rings (SSSR count). The first-order chi connectivity index (χ1) is 19.7. The van der Waals surface area contributed by atoms with E-state index in [2.05, 4.69) is 115 Å². The highest BCUT2D eigenvalue weighted by Crippen LogP contribution is 2.39. The van der Waals surface area contributed by atoms with Crippen LogP contribution in [0.2, 0.25) is 10.6 Å². The molecule has 0 aliphatic carbocycles. The number of piperidine rings is 2. The summed E-state index contributed by atoms with van der Waals surface area (Å²) in [6, 6.07) is 0.419. The molecule has 0 spiro atoms. The number of amides is 1. The lowest BCUT2D eigenvalue weighted by molar-refractivity contribution is -0.00802. The number of carbonyl (C=O) groups is 1. The molecule has 4 N–H and O–H groups in total. The highest BCUT2D eigenvalue weighted by molar-refractivity contribution is 6.28. The Hall–Kier alpha value is -2.78. The minimum Gasteiger partial charge on any atom is -0.376 e. The Morgan fingerprint density at radius 2 is 1.19 bits per heavy atom. The molecule has 0 unspecified atom stereocenters. The van der Waals surface area contributed by atoms with Gasteiger partial charge in [0, 0.05) is 46.6 Å². The van der Waals surface area contributed by atoms with Gasteiger partial charge in [0.05, 0.1) is 12.1 Å². The van der Waals surface area contributed by atoms with Crippen LogP contribution in [-0.2, 0) is 0 Å². The van der Waals surface area contributed by atoms with Crippen LogP contribution in [0.4, 0.5) is 17.3 Å². The number of nitrogens with two attached hydrogens (primary N) is 1. The van der Waals surface area contributed by atoms with Gasteiger partial charge < -0.3 is 16.4 Å². The standard InChI is InChI=1S/C15H24ClN5O.C15H22ClN5/c1-14(2)6-9(7-15(3,4)21(14)5)19-12-10(11(17)22)8-18-13(16)20-12;1-14(2)7-10(8-15(3,4)21(14)6)19-12-11(17-5)9-18-13(16)20-12/h8-9H,6-7H2,1-5H3,(H2,17,22)(H,18,19,20);9-10H,7-8H2,1-4,6H3,(H,18,19,20). The number of primary amides is 1. The van der Waals surface area contributed by atoms with Gasteiger partial charge in [0.2, 0.25) is 16.3 Å². The Labute approximate surface area is 266 Å². The van der Waals surface area contributed by atoms with Crippen molar-refractivity contribution in [1.29, 1.82) is 0 Å². The van der Waals surface area contributed by atoms with Crippen LogP contribution in [-0.4, -0.2) is 84.0 Å². The zero-order valence-electron chi connectivity index (χ0n) is 27.0. The molecule has 4 heterocycles. The summed E-state index contributed by atoms with van der Waals surface area (Å²) in [6.07, 6.45) is 6.64. The van der Waals surface area contributed by atoms with E-state index >= 15 is 0 Å². The summed E-state index contributed by atoms with van der Waals surface area (Å²) in [5.74, 6) is 0.380. The highest BCUT2D eigenvalue weighted by atomic mass is 35.5. The molecule has 2 aliphatic heterocycles. The monoisotopic (exact) mass is 632 g/mol. The molecule has 1 amide bonds. The van der Waals surface area contributed by atoms with Crippen molar-refractivity contribution < 1.29 is 4.79 Å². The summed E-state index contributed by atoms with van der Waals surface area (Å²) in [5.41, 5.74) is 6.28. The molecule has 2 aromatic rings. The Bertz CT molecular complexity index is 1340. The van der Waals surface area contributed by atoms with Gasteiger partial charge in [-0.25, -0.2) is 19.8 Å². The molecule has 2 aliphatic rings. The molecule has 2 fully saturated rings. The minimum atomic E-state index is -0.564. The van der Waals surface area contributed by atoms with Crippen molar-refractivity contribution >= 4 is 46.4 Å². The number of hydrogen-bond acceptors (Lipinski definition) is 9. The van der Waals surface area contributed by atoms with Gasteiger partial charge in [-0.05, 0) is 118 Å². The first kappa shape index (κ1) is 34.7. The number of anilines is 2. The van der Waals surface area contributed by atoms with E-state index in [0.717, 1.165) is 25.7 Å². The quantitative estimate of drug-likeness (QED) is 0.267. The first-order valence-electron chi connectivity index (χ1n) is 14.4. The van der Waals surface area contributed by atoms with Gasteiger partial charge in [0.25, 0.3) is 5.91 Å². The number of halogens is 2. The Kier molecular flexibility index (Phi) is 10.2. The van der Waals surface area contributed by atoms with Crippen LogP contribution in [0.1, 0.15) is 91.4 Å². The van der Waals surface area contributed by atoms with E-state index in [1.165, 1.54) is 12.4 Å². The van der Waals surface area contributed by atoms with Crippen molar-refractivity contribution in [3.8, 4) is 0 Å². The van der Waals surface area contributed by atoms with E-state index in [1.807, 2.05) is 0 Å². The van der Waals surface area contributed by atoms with E-state index in [0.29, 0.717) is 17.3 Å². The predicted molar refractivity (Wildman–Crippen MR) is 174 cm³/mol. The Morgan fingerprint density at radius 1 is 0.814 bits per heavy atom. The fourth-order valence-electron chi connectivity index (χ4n) is 6.53. The van der Waals surface area contributed by atoms with Crippen LogP contribution >= 0.6 is 23.2 Å². The minimum absolute atomic E-state index is 0.0309. The largest absolute Gasteiger partial charge is 0.376 e. The third kappa shape index (κ3) is 8.24. The maximum absolute atomic E-state index is 11.5. The predicted octanol–water partition coefficient (Wildman–Crippen LogP) is 6.04. The van der Waals surface area contributed by atoms with E-state index < -0.39 is 5.91 Å². The molecule has 0 radical (unpaired) electrons. The third-order valence-corrected chi connectivity index (χ3v) is 9.55. The molecule has 0 saturated carbocycles. The van der Waals surface area contributed by atoms with Crippen molar-refractivity contribution in [1.82, 2.24) is 29.7 Å². The molecule has 11 nitrogen and oxygen atoms in total. The van der Waals surface area contributed by atoms with Crippen LogP contribution in [0.25, 0.3) is 4.85 Å². The van der Waals surface area contributed by atoms with Gasteiger partial charge in [-0.2, -0.15) is 4.98 Å². The maximum atomic E-state index is 11.5. The van der Waals surface area contributed by atoms with Gasteiger partial charge in [0.15, 0.2) is 0 Å². The Morgan fingerprint density at radius 3 is 1.58 bits per heavy atom. The van der Waals surface area contributed by atoms with Crippen molar-refractivity contribution in [3.05, 3.63) is 39.9 Å². The summed E-state index contributed by atoms with van der Waals surface area (Å²) in [6.45, 7) is 25.0. The van der Waals surface area contributed by atoms with E-state index in [-0.39, 0.29) is 50.4 Å². The van der Waals surface area contributed by atoms with Gasteiger partial charge in [0.1, 0.15) is 11.6 Å². The number of carbonyl (C=O) groups excluding carboxylic acids is 1. The van der Waals surface area contributed by atoms with E-state index in [1.54, 1.807) is 0 Å². The van der Waals surface area contributed by atoms with Gasteiger partial charge in [-0.1, -0.05) is 0 Å². The zero-order valence-corrected chi connectivity index (χ0v) is 28.5. The zero-order chi connectivity index (χ0) is 32.5. The summed E-state index contributed by atoms with van der Waals surface area (Å²) in [5, 5.41) is 7.00. The van der Waals surface area contributed by atoms with E-state index in [4.69, 9.17) is 35.5 Å². The first-order valence-corrected chi connectivity index (χ1v) is 15.2. The summed E-state index contributed by atoms with van der Waals surface area (Å²) < 4.78 is 0. The van der Waals surface area contributed by atoms with Crippen LogP contribution in [0.5, 0.6) is 0 Å². The lowest BCUT2D eigenvalue weighted by Crippen LogP contribution is -2.61. The summed E-state index contributed by atoms with van der Waals surface area (Å²) in [4.78, 5) is 35.8. The topological polar surface area (TPSA) is 130 Å². The van der Waals surface area contributed by atoms with Crippen LogP contribution in [0.3, 0.4) is 0 Å². The fourth-order valence-corrected chi connectivity index (χ4v) is 6.79. The fraction of sp³-hybridized carbons (Fsp3) is 0.667. The number of rotatable bonds is 5. The number of nitrogens with one attached hydrogen (secondary N) is 2. The molecule has 2 aromatic heterocycles. The average Bonchev–Trinajstić information content (AvgIpc) is 2.85. The van der Waals surface area contributed by atoms with Gasteiger partial charge in [-0.15, -0.1) is 0 Å². The number of aromatic nitrogens is 4. The van der Waals surface area contributed by atoms with Crippen molar-refractivity contribution in [2.75, 3.05) is 24.7 Å². The van der Waals surface area contributed by atoms with Crippen molar-refractivity contribution in [2.45, 2.75) is 115 Å². The third-order valence-electron chi connectivity index (χ3n) is 9.18. The normalized spacial score (nSPS) is 21.7. The SMILES string of the molecule is CN1C(C)(C)CC(Nc2nc(Cl)ncc2C(N)=O)CC1(C)C.[C-]#[N+]c1cnc(Cl)nc1NC1CC(C)(C)N(C)C(C)(C)C1. The molecule has 13 heteroatoms. The van der Waals surface area contributed by atoms with E-state index in [9.17, 15) is 4.79 Å². The second kappa shape index (κ2) is 12.7. The average molecular weight is 634 g/mol. The van der Waals surface area contributed by atoms with Crippen LogP contribution < -0.4 is 16.4 Å². The maximum Gasteiger partial charge on any atom is 0.254 e. The molecule has 2 saturated heterocycles. The molecular weight excluding hydrogens is 587 g/mol. The molecule has 0 bridgehead atoms. The molecule has 236 valence electrons. The van der Waals surface area contributed by atoms with Crippen LogP contribution in [0, 0.1) is 6.57 Å². The second-order valence-corrected chi connectivity index (χ2v) is 14.8. The van der Waals surface area contributed by atoms with Gasteiger partial charge >= 0.3 is 0 Å². The Balaban J connectivity index is 0.000000236. The number of nitrogens with zero attached hydrogens (tertiary/aromatic N) is 7. The molecule has 0 atom stereocenters. The highest BCUT2D eigenvalue weighted by Gasteiger charge is 2.44. The van der Waals surface area contributed by atoms with Crippen LogP contribution in [0.15, 0.2) is 12.4 Å². The van der Waals surface area contributed by atoms with Gasteiger partial charge in [-0.3, -0.25) is 14.6 Å². The summed E-state index contributed by atoms with van der Waals surface area (Å²) >= 11 is 11.7. The number of likely N-dealkylation sites (tertiary alicyclic amines) is 2. The second-order valence-electron chi connectivity index (χ2n) is 14.1. The number of hydrogen-bond donors (Lipinski definition) is 3. The molecule has 0 aromatic carbocycles. The van der Waals surface area contributed by atoms with Crippen molar-refractivity contribution in [3.63, 3.8) is 0 Å². The molecular formula is C30H46Cl2N10O.